The zero-order valence-electron chi connectivity index (χ0n) is 7.10. The van der Waals surface area contributed by atoms with Crippen molar-refractivity contribution in [2.24, 2.45) is 0 Å². The Kier molecular flexibility index (Phi) is 4.41. The fraction of sp³-hybridized carbons (Fsp3) is 0.714. The van der Waals surface area contributed by atoms with E-state index in [1.54, 1.807) is 6.20 Å². The third-order valence-corrected chi connectivity index (χ3v) is 2.38. The molecule has 4 nitrogen and oxygen atoms in total. The van der Waals surface area contributed by atoms with Gasteiger partial charge >= 0.3 is 0 Å². The zero-order valence-corrected chi connectivity index (χ0v) is 8.74. The highest BCUT2D eigenvalue weighted by Gasteiger charge is 2.14. The van der Waals surface area contributed by atoms with E-state index in [4.69, 9.17) is 4.74 Å². The Labute approximate surface area is 87.4 Å². The molecule has 0 saturated carbocycles. The Morgan fingerprint density at radius 3 is 2.85 bits per heavy atom. The number of nitrogens with one attached hydrogen (secondary N) is 1. The minimum absolute atomic E-state index is 0. The van der Waals surface area contributed by atoms with E-state index in [0.29, 0.717) is 12.0 Å². The first kappa shape index (κ1) is 10.7. The van der Waals surface area contributed by atoms with Gasteiger partial charge in [-0.3, -0.25) is 0 Å². The molecule has 2 heterocycles. The first-order valence-corrected chi connectivity index (χ1v) is 4.83. The molecule has 1 fully saturated rings. The molecule has 0 bridgehead atoms. The molecule has 0 aromatic carbocycles. The predicted molar refractivity (Wildman–Crippen MR) is 53.7 cm³/mol. The molecule has 13 heavy (non-hydrogen) atoms. The van der Waals surface area contributed by atoms with E-state index < -0.39 is 0 Å². The van der Waals surface area contributed by atoms with Crippen molar-refractivity contribution >= 4 is 24.1 Å². The maximum Gasteiger partial charge on any atom is 0.245 e. The molecule has 0 spiro atoms. The van der Waals surface area contributed by atoms with Crippen LogP contribution < -0.4 is 10.1 Å². The van der Waals surface area contributed by atoms with Crippen LogP contribution >= 0.6 is 24.1 Å². The normalized spacial score (nSPS) is 17.8. The summed E-state index contributed by atoms with van der Waals surface area (Å²) in [6, 6.07) is 0. The van der Waals surface area contributed by atoms with Crippen molar-refractivity contribution in [3.05, 3.63) is 6.20 Å². The van der Waals surface area contributed by atoms with Gasteiger partial charge in [0.2, 0.25) is 5.88 Å². The second-order valence-corrected chi connectivity index (χ2v) is 3.37. The number of ether oxygens (including phenoxy) is 1. The summed E-state index contributed by atoms with van der Waals surface area (Å²) in [4.78, 5) is 0. The van der Waals surface area contributed by atoms with Gasteiger partial charge in [-0.1, -0.05) is 0 Å². The summed E-state index contributed by atoms with van der Waals surface area (Å²) in [5.41, 5.74) is 0. The summed E-state index contributed by atoms with van der Waals surface area (Å²) >= 11 is 1.19. The van der Waals surface area contributed by atoms with Gasteiger partial charge in [-0.2, -0.15) is 4.37 Å². The lowest BCUT2D eigenvalue weighted by atomic mass is 10.1. The highest BCUT2D eigenvalue weighted by molar-refractivity contribution is 6.99. The van der Waals surface area contributed by atoms with Gasteiger partial charge in [-0.15, -0.1) is 16.8 Å². The van der Waals surface area contributed by atoms with Crippen molar-refractivity contribution < 1.29 is 4.74 Å². The lowest BCUT2D eigenvalue weighted by Gasteiger charge is -2.22. The number of rotatable bonds is 2. The molecule has 0 amide bonds. The molecule has 0 atom stereocenters. The molecule has 1 aromatic heterocycles. The van der Waals surface area contributed by atoms with E-state index in [1.165, 1.54) is 11.7 Å². The standard InChI is InChI=1S/C7H11N3OS.ClH/c1-3-8-4-2-6(1)11-7-5-9-12-10-7;/h5-6,8H,1-4H2;1H. The first-order chi connectivity index (χ1) is 5.95. The molecule has 0 unspecified atom stereocenters. The number of halogens is 1. The number of hydrogen-bond donors (Lipinski definition) is 1. The van der Waals surface area contributed by atoms with Gasteiger partial charge in [0, 0.05) is 0 Å². The minimum atomic E-state index is 0. The zero-order chi connectivity index (χ0) is 8.23. The minimum Gasteiger partial charge on any atom is -0.473 e. The van der Waals surface area contributed by atoms with Crippen molar-refractivity contribution in [2.45, 2.75) is 18.9 Å². The third-order valence-electron chi connectivity index (χ3n) is 1.91. The third kappa shape index (κ3) is 3.10. The number of aromatic nitrogens is 2. The Balaban J connectivity index is 0.000000845. The molecular formula is C7H12ClN3OS. The number of nitrogens with zero attached hydrogens (tertiary/aromatic N) is 2. The van der Waals surface area contributed by atoms with Gasteiger partial charge in [0.1, 0.15) is 12.3 Å². The van der Waals surface area contributed by atoms with Crippen LogP contribution in [0.2, 0.25) is 0 Å². The maximum absolute atomic E-state index is 5.59. The van der Waals surface area contributed by atoms with E-state index in [-0.39, 0.29) is 12.4 Å². The van der Waals surface area contributed by atoms with Gasteiger partial charge < -0.3 is 10.1 Å². The van der Waals surface area contributed by atoms with E-state index in [9.17, 15) is 0 Å². The Hall–Kier alpha value is -0.390. The summed E-state index contributed by atoms with van der Waals surface area (Å²) in [5, 5.41) is 3.28. The molecule has 1 saturated heterocycles. The second-order valence-electron chi connectivity index (χ2n) is 2.81. The van der Waals surface area contributed by atoms with Crippen molar-refractivity contribution in [1.29, 1.82) is 0 Å². The lowest BCUT2D eigenvalue weighted by molar-refractivity contribution is 0.157. The molecule has 1 aliphatic heterocycles. The van der Waals surface area contributed by atoms with Crippen molar-refractivity contribution in [2.75, 3.05) is 13.1 Å². The second kappa shape index (κ2) is 5.36. The largest absolute Gasteiger partial charge is 0.473 e. The number of hydrogen-bond acceptors (Lipinski definition) is 5. The average Bonchev–Trinajstić information content (AvgIpc) is 2.59. The van der Waals surface area contributed by atoms with E-state index >= 15 is 0 Å². The van der Waals surface area contributed by atoms with Gasteiger partial charge in [0.05, 0.1) is 11.7 Å². The molecular weight excluding hydrogens is 210 g/mol. The lowest BCUT2D eigenvalue weighted by Crippen LogP contribution is -2.34. The van der Waals surface area contributed by atoms with Crippen LogP contribution in [0.15, 0.2) is 6.20 Å². The van der Waals surface area contributed by atoms with Crippen LogP contribution in [-0.4, -0.2) is 27.9 Å². The summed E-state index contributed by atoms with van der Waals surface area (Å²) in [7, 11) is 0. The fourth-order valence-corrected chi connectivity index (χ4v) is 1.65. The predicted octanol–water partition coefficient (Wildman–Crippen LogP) is 1.09. The van der Waals surface area contributed by atoms with Crippen LogP contribution in [0.4, 0.5) is 0 Å². The Bertz CT molecular complexity index is 226. The summed E-state index contributed by atoms with van der Waals surface area (Å²) in [6.45, 7) is 2.09. The molecule has 0 aliphatic carbocycles. The summed E-state index contributed by atoms with van der Waals surface area (Å²) in [6.07, 6.45) is 4.14. The van der Waals surface area contributed by atoms with Crippen LogP contribution in [-0.2, 0) is 0 Å². The monoisotopic (exact) mass is 221 g/mol. The van der Waals surface area contributed by atoms with E-state index in [2.05, 4.69) is 14.1 Å². The maximum atomic E-state index is 5.59. The Morgan fingerprint density at radius 2 is 2.23 bits per heavy atom. The van der Waals surface area contributed by atoms with E-state index in [0.717, 1.165) is 25.9 Å². The first-order valence-electron chi connectivity index (χ1n) is 4.10. The van der Waals surface area contributed by atoms with Crippen molar-refractivity contribution in [1.82, 2.24) is 14.1 Å². The molecule has 6 heteroatoms. The smallest absolute Gasteiger partial charge is 0.245 e. The van der Waals surface area contributed by atoms with Gasteiger partial charge in [0.15, 0.2) is 0 Å². The van der Waals surface area contributed by atoms with Crippen LogP contribution in [0.1, 0.15) is 12.8 Å². The fourth-order valence-electron chi connectivity index (χ4n) is 1.29. The molecule has 1 aliphatic rings. The van der Waals surface area contributed by atoms with Crippen LogP contribution in [0.3, 0.4) is 0 Å². The van der Waals surface area contributed by atoms with Crippen molar-refractivity contribution in [3.63, 3.8) is 0 Å². The van der Waals surface area contributed by atoms with Crippen LogP contribution in [0.5, 0.6) is 5.88 Å². The van der Waals surface area contributed by atoms with Gasteiger partial charge in [-0.25, -0.2) is 0 Å². The Morgan fingerprint density at radius 1 is 1.46 bits per heavy atom. The van der Waals surface area contributed by atoms with Crippen LogP contribution in [0, 0.1) is 0 Å². The SMILES string of the molecule is Cl.c1nsnc1OC1CCNCC1. The highest BCUT2D eigenvalue weighted by Crippen LogP contribution is 2.13. The molecule has 2 rings (SSSR count). The van der Waals surface area contributed by atoms with E-state index in [1.807, 2.05) is 0 Å². The topological polar surface area (TPSA) is 47.0 Å². The van der Waals surface area contributed by atoms with Gasteiger partial charge in [0.25, 0.3) is 0 Å². The molecule has 0 radical (unpaired) electrons. The highest BCUT2D eigenvalue weighted by atomic mass is 35.5. The number of piperidine rings is 1. The summed E-state index contributed by atoms with van der Waals surface area (Å²) < 4.78 is 13.5. The quantitative estimate of drug-likeness (QED) is 0.812. The summed E-state index contributed by atoms with van der Waals surface area (Å²) in [5.74, 6) is 0.673. The van der Waals surface area contributed by atoms with Gasteiger partial charge in [-0.05, 0) is 25.9 Å². The molecule has 74 valence electrons. The average molecular weight is 222 g/mol. The van der Waals surface area contributed by atoms with Crippen molar-refractivity contribution in [3.8, 4) is 5.88 Å². The molecule has 1 aromatic rings. The molecule has 1 N–H and O–H groups in total. The van der Waals surface area contributed by atoms with Crippen LogP contribution in [0.25, 0.3) is 0 Å².